The lowest BCUT2D eigenvalue weighted by molar-refractivity contribution is -0.125. The predicted molar refractivity (Wildman–Crippen MR) is 154 cm³/mol. The lowest BCUT2D eigenvalue weighted by atomic mass is 9.63. The number of nitrogens with two attached hydrogens (primary N) is 1. The van der Waals surface area contributed by atoms with Gasteiger partial charge in [0.25, 0.3) is 0 Å². The summed E-state index contributed by atoms with van der Waals surface area (Å²) >= 11 is 2.06. The van der Waals surface area contributed by atoms with Crippen molar-refractivity contribution in [1.29, 1.82) is 0 Å². The SMILES string of the molecule is CCC1(CN(CCC(=O)NCC(N)=O)C(=O)N(I)CCCOC)CCC(c2ccccc2)(N(C)C)CC1. The number of carbonyl (C=O) groups excluding carboxylic acids is 3. The summed E-state index contributed by atoms with van der Waals surface area (Å²) in [5.41, 5.74) is 6.42. The minimum absolute atomic E-state index is 0.0289. The first-order valence-electron chi connectivity index (χ1n) is 13.1. The summed E-state index contributed by atoms with van der Waals surface area (Å²) in [5, 5.41) is 2.53. The maximum absolute atomic E-state index is 13.5. The number of hydrogen-bond donors (Lipinski definition) is 2. The van der Waals surface area contributed by atoms with E-state index in [0.29, 0.717) is 19.7 Å². The molecular formula is C27H44IN5O4. The standard InChI is InChI=1S/C27H44IN5O4/c1-5-26(13-15-27(16-14-26,31(2)3)22-10-7-6-8-11-22)21-32(18-12-24(35)30-20-23(29)34)25(36)33(28)17-9-19-37-4/h6-8,10-11H,5,9,12-21H2,1-4H3,(H2,29,34)(H,30,35). The molecule has 37 heavy (non-hydrogen) atoms. The van der Waals surface area contributed by atoms with Gasteiger partial charge in [-0.15, -0.1) is 0 Å². The van der Waals surface area contributed by atoms with Gasteiger partial charge in [0, 0.05) is 45.3 Å². The van der Waals surface area contributed by atoms with Gasteiger partial charge >= 0.3 is 6.03 Å². The molecule has 0 aromatic heterocycles. The molecule has 1 aromatic carbocycles. The highest BCUT2D eigenvalue weighted by molar-refractivity contribution is 14.1. The van der Waals surface area contributed by atoms with E-state index in [1.165, 1.54) is 5.56 Å². The molecule has 0 aliphatic heterocycles. The molecular weight excluding hydrogens is 585 g/mol. The zero-order valence-electron chi connectivity index (χ0n) is 22.8. The Balaban J connectivity index is 2.18. The Bertz CT molecular complexity index is 875. The van der Waals surface area contributed by atoms with Crippen molar-refractivity contribution in [2.45, 2.75) is 57.4 Å². The number of methoxy groups -OCH3 is 1. The third-order valence-electron chi connectivity index (χ3n) is 7.83. The Labute approximate surface area is 235 Å². The highest BCUT2D eigenvalue weighted by Crippen LogP contribution is 2.50. The quantitative estimate of drug-likeness (QED) is 0.186. The number of rotatable bonds is 14. The van der Waals surface area contributed by atoms with Crippen LogP contribution >= 0.6 is 22.9 Å². The van der Waals surface area contributed by atoms with Crippen molar-refractivity contribution in [3.63, 3.8) is 0 Å². The Kier molecular flexibility index (Phi) is 12.6. The summed E-state index contributed by atoms with van der Waals surface area (Å²) in [5.74, 6) is -0.881. The summed E-state index contributed by atoms with van der Waals surface area (Å²) in [6.07, 6.45) is 5.78. The molecule has 3 N–H and O–H groups in total. The summed E-state index contributed by atoms with van der Waals surface area (Å²) in [6, 6.07) is 10.6. The summed E-state index contributed by atoms with van der Waals surface area (Å²) in [4.78, 5) is 41.0. The van der Waals surface area contributed by atoms with Gasteiger partial charge in [-0.1, -0.05) is 37.3 Å². The number of carbonyl (C=O) groups is 3. The number of nitrogens with one attached hydrogen (secondary N) is 1. The third kappa shape index (κ3) is 8.81. The number of ether oxygens (including phenoxy) is 1. The van der Waals surface area contributed by atoms with Crippen LogP contribution in [-0.2, 0) is 19.9 Å². The van der Waals surface area contributed by atoms with Crippen molar-refractivity contribution >= 4 is 40.7 Å². The molecule has 0 unspecified atom stereocenters. The number of hydrogen-bond acceptors (Lipinski definition) is 5. The molecule has 9 nitrogen and oxygen atoms in total. The average Bonchev–Trinajstić information content (AvgIpc) is 2.90. The van der Waals surface area contributed by atoms with Gasteiger partial charge in [-0.25, -0.2) is 4.79 Å². The smallest absolute Gasteiger partial charge is 0.328 e. The molecule has 1 saturated carbocycles. The fraction of sp³-hybridized carbons (Fsp3) is 0.667. The van der Waals surface area contributed by atoms with Crippen LogP contribution in [0.3, 0.4) is 0 Å². The third-order valence-corrected chi connectivity index (χ3v) is 8.73. The number of urea groups is 1. The maximum atomic E-state index is 13.5. The van der Waals surface area contributed by atoms with Crippen LogP contribution in [0.4, 0.5) is 4.79 Å². The Morgan fingerprint density at radius 1 is 1.08 bits per heavy atom. The van der Waals surface area contributed by atoms with Crippen molar-refractivity contribution in [1.82, 2.24) is 18.2 Å². The van der Waals surface area contributed by atoms with E-state index in [-0.39, 0.29) is 42.4 Å². The summed E-state index contributed by atoms with van der Waals surface area (Å²) < 4.78 is 6.82. The second kappa shape index (κ2) is 14.9. The first kappa shape index (κ1) is 31.3. The van der Waals surface area contributed by atoms with Crippen LogP contribution in [0.1, 0.15) is 57.4 Å². The minimum Gasteiger partial charge on any atom is -0.385 e. The van der Waals surface area contributed by atoms with Gasteiger partial charge in [0.15, 0.2) is 0 Å². The molecule has 0 atom stereocenters. The monoisotopic (exact) mass is 629 g/mol. The van der Waals surface area contributed by atoms with E-state index in [9.17, 15) is 14.4 Å². The zero-order chi connectivity index (χ0) is 27.5. The number of benzene rings is 1. The van der Waals surface area contributed by atoms with Gasteiger partial charge in [0.05, 0.1) is 29.4 Å². The van der Waals surface area contributed by atoms with E-state index >= 15 is 0 Å². The van der Waals surface area contributed by atoms with Crippen LogP contribution in [0.15, 0.2) is 30.3 Å². The van der Waals surface area contributed by atoms with Gasteiger partial charge in [0.1, 0.15) is 0 Å². The van der Waals surface area contributed by atoms with Crippen molar-refractivity contribution < 1.29 is 19.1 Å². The van der Waals surface area contributed by atoms with E-state index in [2.05, 4.69) is 84.4 Å². The van der Waals surface area contributed by atoms with Crippen LogP contribution in [-0.4, -0.2) is 84.7 Å². The first-order valence-corrected chi connectivity index (χ1v) is 14.0. The molecule has 1 aliphatic carbocycles. The highest BCUT2D eigenvalue weighted by Gasteiger charge is 2.45. The molecule has 1 fully saturated rings. The summed E-state index contributed by atoms with van der Waals surface area (Å²) in [6.45, 7) is 4.02. The number of amides is 4. The number of primary amides is 1. The van der Waals surface area contributed by atoms with E-state index < -0.39 is 5.91 Å². The Morgan fingerprint density at radius 2 is 1.73 bits per heavy atom. The molecule has 1 aliphatic rings. The topological polar surface area (TPSA) is 108 Å². The van der Waals surface area contributed by atoms with Crippen LogP contribution in [0.2, 0.25) is 0 Å². The number of halogens is 1. The predicted octanol–water partition coefficient (Wildman–Crippen LogP) is 3.52. The molecule has 2 rings (SSSR count). The first-order chi connectivity index (χ1) is 17.6. The number of nitrogens with zero attached hydrogens (tertiary/aromatic N) is 3. The molecule has 0 saturated heterocycles. The molecule has 0 radical (unpaired) electrons. The molecule has 10 heteroatoms. The lowest BCUT2D eigenvalue weighted by Gasteiger charge is -2.51. The fourth-order valence-corrected chi connectivity index (χ4v) is 5.96. The van der Waals surface area contributed by atoms with Gasteiger partial charge in [0.2, 0.25) is 11.8 Å². The van der Waals surface area contributed by atoms with Crippen molar-refractivity contribution in [2.24, 2.45) is 11.1 Å². The van der Waals surface area contributed by atoms with Crippen molar-refractivity contribution in [2.75, 3.05) is 54.0 Å². The highest BCUT2D eigenvalue weighted by atomic mass is 127. The van der Waals surface area contributed by atoms with E-state index in [1.807, 2.05) is 4.90 Å². The molecule has 0 spiro atoms. The van der Waals surface area contributed by atoms with Crippen LogP contribution in [0, 0.1) is 5.41 Å². The Hall–Kier alpha value is -1.92. The Morgan fingerprint density at radius 3 is 2.27 bits per heavy atom. The van der Waals surface area contributed by atoms with E-state index in [4.69, 9.17) is 10.5 Å². The zero-order valence-corrected chi connectivity index (χ0v) is 25.0. The van der Waals surface area contributed by atoms with Gasteiger partial charge in [-0.3, -0.25) is 17.6 Å². The van der Waals surface area contributed by atoms with Crippen molar-refractivity contribution in [3.8, 4) is 0 Å². The molecule has 1 aromatic rings. The van der Waals surface area contributed by atoms with E-state index in [1.54, 1.807) is 10.2 Å². The lowest BCUT2D eigenvalue weighted by Crippen LogP contribution is -2.51. The molecule has 4 amide bonds. The average molecular weight is 630 g/mol. The van der Waals surface area contributed by atoms with E-state index in [0.717, 1.165) is 38.5 Å². The summed E-state index contributed by atoms with van der Waals surface area (Å²) in [7, 11) is 5.95. The van der Waals surface area contributed by atoms with Crippen LogP contribution in [0.25, 0.3) is 0 Å². The maximum Gasteiger partial charge on any atom is 0.328 e. The van der Waals surface area contributed by atoms with Crippen LogP contribution in [0.5, 0.6) is 0 Å². The normalized spacial score (nSPS) is 21.5. The fourth-order valence-electron chi connectivity index (χ4n) is 5.31. The molecule has 0 bridgehead atoms. The van der Waals surface area contributed by atoms with Gasteiger partial charge in [-0.2, -0.15) is 0 Å². The van der Waals surface area contributed by atoms with Crippen LogP contribution < -0.4 is 11.1 Å². The second-order valence-electron chi connectivity index (χ2n) is 10.3. The minimum atomic E-state index is -0.590. The molecule has 0 heterocycles. The second-order valence-corrected chi connectivity index (χ2v) is 11.4. The molecule has 208 valence electrons. The van der Waals surface area contributed by atoms with Crippen molar-refractivity contribution in [3.05, 3.63) is 35.9 Å². The largest absolute Gasteiger partial charge is 0.385 e. The van der Waals surface area contributed by atoms with Gasteiger partial charge < -0.3 is 20.7 Å². The van der Waals surface area contributed by atoms with Gasteiger partial charge in [-0.05, 0) is 63.6 Å².